The lowest BCUT2D eigenvalue weighted by Gasteiger charge is -2.15. The molecule has 0 spiro atoms. The molecule has 0 aliphatic heterocycles. The molecule has 0 aromatic heterocycles. The van der Waals surface area contributed by atoms with E-state index in [-0.39, 0.29) is 24.2 Å². The van der Waals surface area contributed by atoms with Crippen LogP contribution in [0.15, 0.2) is 24.3 Å². The van der Waals surface area contributed by atoms with Crippen molar-refractivity contribution in [2.45, 2.75) is 38.4 Å². The largest absolute Gasteiger partial charge is 0.416 e. The fraction of sp³-hybridized carbons (Fsp3) is 0.500. The second-order valence-corrected chi connectivity index (χ2v) is 4.89. The first-order valence-corrected chi connectivity index (χ1v) is 6.42. The first kappa shape index (κ1) is 19.7. The average molecular weight is 325 g/mol. The van der Waals surface area contributed by atoms with Crippen LogP contribution in [0.1, 0.15) is 37.3 Å². The van der Waals surface area contributed by atoms with Gasteiger partial charge in [-0.2, -0.15) is 13.2 Å². The summed E-state index contributed by atoms with van der Waals surface area (Å²) < 4.78 is 37.8. The van der Waals surface area contributed by atoms with Crippen LogP contribution in [0.3, 0.4) is 0 Å². The van der Waals surface area contributed by atoms with Crippen molar-refractivity contribution in [2.75, 3.05) is 6.54 Å². The van der Waals surface area contributed by atoms with E-state index in [1.807, 2.05) is 6.92 Å². The van der Waals surface area contributed by atoms with Gasteiger partial charge in [0.25, 0.3) is 0 Å². The van der Waals surface area contributed by atoms with E-state index in [0.717, 1.165) is 12.1 Å². The van der Waals surface area contributed by atoms with E-state index in [1.54, 1.807) is 13.0 Å². The van der Waals surface area contributed by atoms with Crippen LogP contribution >= 0.6 is 12.4 Å². The highest BCUT2D eigenvalue weighted by Gasteiger charge is 2.30. The zero-order valence-corrected chi connectivity index (χ0v) is 12.7. The molecule has 3 N–H and O–H groups in total. The van der Waals surface area contributed by atoms with Crippen molar-refractivity contribution in [2.24, 2.45) is 5.73 Å². The van der Waals surface area contributed by atoms with Crippen molar-refractivity contribution >= 4 is 18.3 Å². The molecule has 0 fully saturated rings. The monoisotopic (exact) mass is 324 g/mol. The summed E-state index contributed by atoms with van der Waals surface area (Å²) in [7, 11) is 0. The Kier molecular flexibility index (Phi) is 7.74. The Bertz CT molecular complexity index is 464. The third-order valence-electron chi connectivity index (χ3n) is 3.07. The van der Waals surface area contributed by atoms with Crippen LogP contribution in [0.2, 0.25) is 0 Å². The summed E-state index contributed by atoms with van der Waals surface area (Å²) in [6.45, 7) is 3.79. The molecule has 3 nitrogen and oxygen atoms in total. The first-order valence-electron chi connectivity index (χ1n) is 6.42. The maximum Gasteiger partial charge on any atom is 0.416 e. The molecular formula is C14H20ClF3N2O. The Morgan fingerprint density at radius 3 is 2.48 bits per heavy atom. The van der Waals surface area contributed by atoms with Gasteiger partial charge in [0.2, 0.25) is 5.91 Å². The van der Waals surface area contributed by atoms with Crippen molar-refractivity contribution < 1.29 is 18.0 Å². The van der Waals surface area contributed by atoms with E-state index in [9.17, 15) is 18.0 Å². The fourth-order valence-electron chi connectivity index (χ4n) is 1.76. The van der Waals surface area contributed by atoms with Crippen molar-refractivity contribution in [3.8, 4) is 0 Å². The molecule has 0 saturated carbocycles. The molecule has 1 unspecified atom stereocenters. The summed E-state index contributed by atoms with van der Waals surface area (Å²) in [4.78, 5) is 11.3. The second kappa shape index (κ2) is 8.24. The second-order valence-electron chi connectivity index (χ2n) is 4.89. The summed E-state index contributed by atoms with van der Waals surface area (Å²) in [6, 6.07) is 4.67. The smallest absolute Gasteiger partial charge is 0.355 e. The lowest BCUT2D eigenvalue weighted by atomic mass is 9.96. The number of amides is 1. The number of rotatable bonds is 5. The quantitative estimate of drug-likeness (QED) is 0.874. The van der Waals surface area contributed by atoms with E-state index in [1.165, 1.54) is 6.07 Å². The van der Waals surface area contributed by atoms with Gasteiger partial charge in [0, 0.05) is 6.54 Å². The molecule has 0 heterocycles. The van der Waals surface area contributed by atoms with E-state index in [0.29, 0.717) is 18.5 Å². The standard InChI is InChI=1S/C14H19F3N2O.ClH/c1-9(6-7-19-13(20)10(2)18)11-4-3-5-12(8-11)14(15,16)17;/h3-5,8-10H,6-7,18H2,1-2H3,(H,19,20);1H/t9?,10-;/m0./s1. The van der Waals surface area contributed by atoms with Gasteiger partial charge in [-0.25, -0.2) is 0 Å². The highest BCUT2D eigenvalue weighted by Crippen LogP contribution is 2.31. The lowest BCUT2D eigenvalue weighted by Crippen LogP contribution is -2.38. The number of alkyl halides is 3. The summed E-state index contributed by atoms with van der Waals surface area (Å²) >= 11 is 0. The van der Waals surface area contributed by atoms with Gasteiger partial charge in [0.15, 0.2) is 0 Å². The molecule has 1 aromatic rings. The Labute approximate surface area is 128 Å². The summed E-state index contributed by atoms with van der Waals surface area (Å²) in [5.74, 6) is -0.341. The topological polar surface area (TPSA) is 55.1 Å². The molecule has 0 aliphatic carbocycles. The molecule has 1 amide bonds. The van der Waals surface area contributed by atoms with E-state index < -0.39 is 17.8 Å². The molecule has 7 heteroatoms. The maximum absolute atomic E-state index is 12.6. The molecule has 120 valence electrons. The average Bonchev–Trinajstić information content (AvgIpc) is 2.37. The molecule has 1 rings (SSSR count). The minimum absolute atomic E-state index is 0. The fourth-order valence-corrected chi connectivity index (χ4v) is 1.76. The van der Waals surface area contributed by atoms with Crippen LogP contribution in [0, 0.1) is 0 Å². The Morgan fingerprint density at radius 1 is 1.33 bits per heavy atom. The SMILES string of the molecule is CC(CCNC(=O)[C@H](C)N)c1cccc(C(F)(F)F)c1.Cl. The van der Waals surface area contributed by atoms with Crippen LogP contribution in [0.5, 0.6) is 0 Å². The van der Waals surface area contributed by atoms with Crippen LogP contribution < -0.4 is 11.1 Å². The Hall–Kier alpha value is -1.27. The molecule has 1 aromatic carbocycles. The zero-order chi connectivity index (χ0) is 15.3. The van der Waals surface area contributed by atoms with Gasteiger partial charge in [-0.05, 0) is 30.9 Å². The molecule has 21 heavy (non-hydrogen) atoms. The third-order valence-corrected chi connectivity index (χ3v) is 3.07. The summed E-state index contributed by atoms with van der Waals surface area (Å²) in [5.41, 5.74) is 5.35. The number of carbonyl (C=O) groups is 1. The van der Waals surface area contributed by atoms with Crippen molar-refractivity contribution in [1.82, 2.24) is 5.32 Å². The number of benzene rings is 1. The minimum atomic E-state index is -4.33. The number of hydrogen-bond acceptors (Lipinski definition) is 2. The maximum atomic E-state index is 12.6. The van der Waals surface area contributed by atoms with E-state index in [2.05, 4.69) is 5.32 Å². The molecular weight excluding hydrogens is 305 g/mol. The van der Waals surface area contributed by atoms with Crippen molar-refractivity contribution in [3.05, 3.63) is 35.4 Å². The van der Waals surface area contributed by atoms with Gasteiger partial charge < -0.3 is 11.1 Å². The van der Waals surface area contributed by atoms with Gasteiger partial charge in [0.1, 0.15) is 0 Å². The highest BCUT2D eigenvalue weighted by atomic mass is 35.5. The van der Waals surface area contributed by atoms with Crippen LogP contribution in [-0.2, 0) is 11.0 Å². The summed E-state index contributed by atoms with van der Waals surface area (Å²) in [5, 5.41) is 2.64. The Balaban J connectivity index is 0.00000400. The Morgan fingerprint density at radius 2 is 1.95 bits per heavy atom. The molecule has 0 saturated heterocycles. The normalized spacial score (nSPS) is 14.0. The van der Waals surface area contributed by atoms with Crippen molar-refractivity contribution in [1.29, 1.82) is 0 Å². The number of halogens is 4. The van der Waals surface area contributed by atoms with Gasteiger partial charge in [-0.15, -0.1) is 12.4 Å². The van der Waals surface area contributed by atoms with E-state index in [4.69, 9.17) is 5.73 Å². The van der Waals surface area contributed by atoms with Crippen LogP contribution in [0.25, 0.3) is 0 Å². The van der Waals surface area contributed by atoms with Crippen molar-refractivity contribution in [3.63, 3.8) is 0 Å². The van der Waals surface area contributed by atoms with Gasteiger partial charge in [0.05, 0.1) is 11.6 Å². The number of nitrogens with two attached hydrogens (primary N) is 1. The number of nitrogens with one attached hydrogen (secondary N) is 1. The number of carbonyl (C=O) groups excluding carboxylic acids is 1. The highest BCUT2D eigenvalue weighted by molar-refractivity contribution is 5.85. The predicted octanol–water partition coefficient (Wildman–Crippen LogP) is 3.08. The molecule has 0 radical (unpaired) electrons. The molecule has 2 atom stereocenters. The van der Waals surface area contributed by atoms with Crippen LogP contribution in [-0.4, -0.2) is 18.5 Å². The van der Waals surface area contributed by atoms with Gasteiger partial charge in [-0.3, -0.25) is 4.79 Å². The zero-order valence-electron chi connectivity index (χ0n) is 11.9. The van der Waals surface area contributed by atoms with Crippen LogP contribution in [0.4, 0.5) is 13.2 Å². The predicted molar refractivity (Wildman–Crippen MR) is 78.4 cm³/mol. The van der Waals surface area contributed by atoms with Gasteiger partial charge in [-0.1, -0.05) is 25.1 Å². The molecule has 0 aliphatic rings. The third kappa shape index (κ3) is 6.35. The lowest BCUT2D eigenvalue weighted by molar-refractivity contribution is -0.137. The number of hydrogen-bond donors (Lipinski definition) is 2. The van der Waals surface area contributed by atoms with E-state index >= 15 is 0 Å². The minimum Gasteiger partial charge on any atom is -0.355 e. The van der Waals surface area contributed by atoms with Gasteiger partial charge >= 0.3 is 6.18 Å². The molecule has 0 bridgehead atoms. The first-order chi connectivity index (χ1) is 9.21. The summed E-state index contributed by atoms with van der Waals surface area (Å²) in [6.07, 6.45) is -3.78.